The van der Waals surface area contributed by atoms with Gasteiger partial charge >= 0.3 is 0 Å². The van der Waals surface area contributed by atoms with Gasteiger partial charge in [-0.05, 0) is 18.3 Å². The second kappa shape index (κ2) is 7.45. The molecular formula is C15H29N3. The molecule has 0 radical (unpaired) electrons. The lowest BCUT2D eigenvalue weighted by Crippen LogP contribution is -2.24. The highest BCUT2D eigenvalue weighted by molar-refractivity contribution is 5.26. The van der Waals surface area contributed by atoms with Crippen LogP contribution in [-0.4, -0.2) is 16.1 Å². The number of anilines is 1. The summed E-state index contributed by atoms with van der Waals surface area (Å²) in [7, 11) is 0. The van der Waals surface area contributed by atoms with E-state index < -0.39 is 0 Å². The number of imidazole rings is 1. The maximum absolute atomic E-state index is 4.39. The van der Waals surface area contributed by atoms with Gasteiger partial charge in [0.1, 0.15) is 0 Å². The molecule has 1 aromatic rings. The van der Waals surface area contributed by atoms with E-state index in [4.69, 9.17) is 0 Å². The fraction of sp³-hybridized carbons (Fsp3) is 0.800. The Hall–Kier alpha value is -0.990. The lowest BCUT2D eigenvalue weighted by Gasteiger charge is -2.25. The molecule has 1 heterocycles. The number of hydrogen-bond acceptors (Lipinski definition) is 2. The quantitative estimate of drug-likeness (QED) is 0.663. The Balaban J connectivity index is 2.40. The Bertz CT molecular complexity index is 328. The molecule has 0 aliphatic carbocycles. The molecule has 3 heteroatoms. The first-order chi connectivity index (χ1) is 8.59. The molecule has 0 atom stereocenters. The van der Waals surface area contributed by atoms with Crippen molar-refractivity contribution in [3.63, 3.8) is 0 Å². The molecule has 0 aliphatic rings. The summed E-state index contributed by atoms with van der Waals surface area (Å²) in [5, 5.41) is 3.50. The molecule has 104 valence electrons. The molecule has 0 aromatic carbocycles. The largest absolute Gasteiger partial charge is 0.355 e. The Morgan fingerprint density at radius 3 is 2.67 bits per heavy atom. The minimum Gasteiger partial charge on any atom is -0.355 e. The third-order valence-corrected chi connectivity index (χ3v) is 3.36. The van der Waals surface area contributed by atoms with Gasteiger partial charge in [-0.25, -0.2) is 4.98 Å². The third kappa shape index (κ3) is 5.11. The first kappa shape index (κ1) is 15.1. The first-order valence-electron chi connectivity index (χ1n) is 7.34. The number of nitrogens with zero attached hydrogens (tertiary/aromatic N) is 2. The maximum Gasteiger partial charge on any atom is 0.202 e. The van der Waals surface area contributed by atoms with Crippen molar-refractivity contribution in [3.8, 4) is 0 Å². The molecule has 0 unspecified atom stereocenters. The average Bonchev–Trinajstić information content (AvgIpc) is 2.75. The summed E-state index contributed by atoms with van der Waals surface area (Å²) in [6, 6.07) is 0. The molecule has 0 amide bonds. The van der Waals surface area contributed by atoms with Crippen LogP contribution in [0.4, 0.5) is 5.95 Å². The Morgan fingerprint density at radius 1 is 1.22 bits per heavy atom. The first-order valence-corrected chi connectivity index (χ1v) is 7.34. The summed E-state index contributed by atoms with van der Waals surface area (Å²) < 4.78 is 2.20. The van der Waals surface area contributed by atoms with E-state index in [1.165, 1.54) is 25.7 Å². The SMILES string of the molecule is CCCCCC(C)(C)CNc1nccn1CCC. The van der Waals surface area contributed by atoms with Gasteiger partial charge in [0, 0.05) is 25.5 Å². The smallest absolute Gasteiger partial charge is 0.202 e. The molecule has 1 rings (SSSR count). The topological polar surface area (TPSA) is 29.9 Å². The van der Waals surface area contributed by atoms with Gasteiger partial charge in [-0.2, -0.15) is 0 Å². The van der Waals surface area contributed by atoms with Gasteiger partial charge < -0.3 is 9.88 Å². The van der Waals surface area contributed by atoms with Crippen LogP contribution in [0.15, 0.2) is 12.4 Å². The van der Waals surface area contributed by atoms with E-state index in [-0.39, 0.29) is 0 Å². The molecule has 0 saturated heterocycles. The van der Waals surface area contributed by atoms with Crippen LogP contribution in [-0.2, 0) is 6.54 Å². The van der Waals surface area contributed by atoms with Crippen molar-refractivity contribution in [2.75, 3.05) is 11.9 Å². The van der Waals surface area contributed by atoms with E-state index in [1.807, 2.05) is 6.20 Å². The zero-order valence-corrected chi connectivity index (χ0v) is 12.5. The van der Waals surface area contributed by atoms with Crippen molar-refractivity contribution in [1.82, 2.24) is 9.55 Å². The molecule has 1 aromatic heterocycles. The van der Waals surface area contributed by atoms with Gasteiger partial charge in [-0.15, -0.1) is 0 Å². The summed E-state index contributed by atoms with van der Waals surface area (Å²) >= 11 is 0. The Morgan fingerprint density at radius 2 is 2.00 bits per heavy atom. The highest BCUT2D eigenvalue weighted by atomic mass is 15.2. The van der Waals surface area contributed by atoms with Crippen LogP contribution in [0.5, 0.6) is 0 Å². The van der Waals surface area contributed by atoms with Crippen LogP contribution in [0, 0.1) is 5.41 Å². The van der Waals surface area contributed by atoms with Gasteiger partial charge in [0.2, 0.25) is 5.95 Å². The predicted molar refractivity (Wildman–Crippen MR) is 78.9 cm³/mol. The van der Waals surface area contributed by atoms with Gasteiger partial charge in [-0.1, -0.05) is 47.0 Å². The number of rotatable bonds is 9. The monoisotopic (exact) mass is 251 g/mol. The standard InChI is InChI=1S/C15H29N3/c1-5-7-8-9-15(3,4)13-17-14-16-10-12-18(14)11-6-2/h10,12H,5-9,11,13H2,1-4H3,(H,16,17). The number of nitrogens with one attached hydrogen (secondary N) is 1. The maximum atomic E-state index is 4.39. The summed E-state index contributed by atoms with van der Waals surface area (Å²) in [6.07, 6.45) is 10.3. The summed E-state index contributed by atoms with van der Waals surface area (Å²) in [6.45, 7) is 11.2. The van der Waals surface area contributed by atoms with Crippen LogP contribution >= 0.6 is 0 Å². The van der Waals surface area contributed by atoms with Crippen LogP contribution in [0.2, 0.25) is 0 Å². The van der Waals surface area contributed by atoms with E-state index in [0.29, 0.717) is 5.41 Å². The second-order valence-corrected chi connectivity index (χ2v) is 5.92. The lowest BCUT2D eigenvalue weighted by molar-refractivity contribution is 0.341. The van der Waals surface area contributed by atoms with Crippen molar-refractivity contribution in [3.05, 3.63) is 12.4 Å². The van der Waals surface area contributed by atoms with E-state index in [0.717, 1.165) is 25.5 Å². The van der Waals surface area contributed by atoms with Crippen molar-refractivity contribution in [1.29, 1.82) is 0 Å². The molecule has 0 aliphatic heterocycles. The van der Waals surface area contributed by atoms with Gasteiger partial charge in [0.05, 0.1) is 0 Å². The van der Waals surface area contributed by atoms with E-state index in [2.05, 4.69) is 48.8 Å². The van der Waals surface area contributed by atoms with Crippen LogP contribution in [0.1, 0.15) is 59.8 Å². The Labute approximate surface area is 112 Å². The molecule has 0 bridgehead atoms. The van der Waals surface area contributed by atoms with Gasteiger partial charge in [0.25, 0.3) is 0 Å². The van der Waals surface area contributed by atoms with Crippen molar-refractivity contribution in [2.45, 2.75) is 66.3 Å². The van der Waals surface area contributed by atoms with Crippen LogP contribution < -0.4 is 5.32 Å². The molecule has 0 fully saturated rings. The molecule has 1 N–H and O–H groups in total. The van der Waals surface area contributed by atoms with E-state index >= 15 is 0 Å². The number of aryl methyl sites for hydroxylation is 1. The van der Waals surface area contributed by atoms with E-state index in [9.17, 15) is 0 Å². The molecule has 0 spiro atoms. The summed E-state index contributed by atoms with van der Waals surface area (Å²) in [4.78, 5) is 4.39. The Kier molecular flexibility index (Phi) is 6.23. The zero-order chi connectivity index (χ0) is 13.4. The highest BCUT2D eigenvalue weighted by Gasteiger charge is 2.17. The van der Waals surface area contributed by atoms with Crippen LogP contribution in [0.3, 0.4) is 0 Å². The highest BCUT2D eigenvalue weighted by Crippen LogP contribution is 2.24. The van der Waals surface area contributed by atoms with Gasteiger partial charge in [0.15, 0.2) is 0 Å². The van der Waals surface area contributed by atoms with Gasteiger partial charge in [-0.3, -0.25) is 0 Å². The number of unbranched alkanes of at least 4 members (excludes halogenated alkanes) is 2. The fourth-order valence-electron chi connectivity index (χ4n) is 2.16. The second-order valence-electron chi connectivity index (χ2n) is 5.92. The molecule has 18 heavy (non-hydrogen) atoms. The summed E-state index contributed by atoms with van der Waals surface area (Å²) in [5.74, 6) is 1.01. The van der Waals surface area contributed by atoms with Crippen molar-refractivity contribution < 1.29 is 0 Å². The number of hydrogen-bond donors (Lipinski definition) is 1. The van der Waals surface area contributed by atoms with Crippen molar-refractivity contribution >= 4 is 5.95 Å². The molecule has 0 saturated carbocycles. The molecule has 3 nitrogen and oxygen atoms in total. The predicted octanol–water partition coefficient (Wildman–Crippen LogP) is 4.31. The minimum absolute atomic E-state index is 0.345. The fourth-order valence-corrected chi connectivity index (χ4v) is 2.16. The lowest BCUT2D eigenvalue weighted by atomic mass is 9.87. The number of aromatic nitrogens is 2. The van der Waals surface area contributed by atoms with E-state index in [1.54, 1.807) is 0 Å². The molecular weight excluding hydrogens is 222 g/mol. The normalized spacial score (nSPS) is 11.8. The summed E-state index contributed by atoms with van der Waals surface area (Å²) in [5.41, 5.74) is 0.345. The third-order valence-electron chi connectivity index (χ3n) is 3.36. The van der Waals surface area contributed by atoms with Crippen LogP contribution in [0.25, 0.3) is 0 Å². The zero-order valence-electron chi connectivity index (χ0n) is 12.5. The van der Waals surface area contributed by atoms with Crippen molar-refractivity contribution in [2.24, 2.45) is 5.41 Å². The average molecular weight is 251 g/mol. The minimum atomic E-state index is 0.345.